The highest BCUT2D eigenvalue weighted by molar-refractivity contribution is 5.86. The molecule has 140 valence electrons. The van der Waals surface area contributed by atoms with Gasteiger partial charge in [0, 0.05) is 11.1 Å². The Morgan fingerprint density at radius 3 is 2.65 bits per heavy atom. The van der Waals surface area contributed by atoms with Crippen LogP contribution in [0.4, 0.5) is 4.39 Å². The first kappa shape index (κ1) is 21.2. The second-order valence-corrected chi connectivity index (χ2v) is 5.31. The topological polar surface area (TPSA) is 70.1 Å². The van der Waals surface area contributed by atoms with E-state index in [4.69, 9.17) is 10.5 Å². The van der Waals surface area contributed by atoms with Gasteiger partial charge in [-0.25, -0.2) is 4.39 Å². The van der Waals surface area contributed by atoms with Crippen LogP contribution in [0.15, 0.2) is 54.8 Å². The van der Waals surface area contributed by atoms with Gasteiger partial charge in [-0.2, -0.15) is 5.10 Å². The molecule has 0 amide bonds. The highest BCUT2D eigenvalue weighted by atomic mass is 19.1. The standard InChI is InChI=1S/C18H20FN3O2.C2H6/c1-4-24-18(23)10-16-15-8-7-14(19)9-17(15)22(21-16)11-12(2)5-6-13(3)20;1-2/h5-9H,2-4,10-11,20H2,1H3;1-2H3/b6-5-;. The third kappa shape index (κ3) is 5.88. The number of ether oxygens (including phenoxy) is 1. The van der Waals surface area contributed by atoms with E-state index < -0.39 is 0 Å². The molecular weight excluding hydrogens is 333 g/mol. The molecule has 0 atom stereocenters. The Morgan fingerprint density at radius 1 is 1.35 bits per heavy atom. The second-order valence-electron chi connectivity index (χ2n) is 5.31. The van der Waals surface area contributed by atoms with Crippen LogP contribution in [0.25, 0.3) is 10.9 Å². The predicted octanol–water partition coefficient (Wildman–Crippen LogP) is 3.89. The van der Waals surface area contributed by atoms with Gasteiger partial charge in [-0.3, -0.25) is 9.48 Å². The number of hydrogen-bond acceptors (Lipinski definition) is 4. The first-order chi connectivity index (χ1) is 12.4. The van der Waals surface area contributed by atoms with E-state index in [-0.39, 0.29) is 18.2 Å². The summed E-state index contributed by atoms with van der Waals surface area (Å²) in [6.07, 6.45) is 3.39. The van der Waals surface area contributed by atoms with Crippen molar-refractivity contribution in [2.75, 3.05) is 6.61 Å². The Kier molecular flexibility index (Phi) is 8.28. The molecule has 26 heavy (non-hydrogen) atoms. The van der Waals surface area contributed by atoms with Crippen LogP contribution in [0, 0.1) is 5.82 Å². The van der Waals surface area contributed by atoms with Crippen LogP contribution in [0.3, 0.4) is 0 Å². The Morgan fingerprint density at radius 2 is 2.04 bits per heavy atom. The van der Waals surface area contributed by atoms with Crippen LogP contribution in [0.5, 0.6) is 0 Å². The first-order valence-electron chi connectivity index (χ1n) is 8.51. The van der Waals surface area contributed by atoms with E-state index in [1.54, 1.807) is 29.8 Å². The van der Waals surface area contributed by atoms with Gasteiger partial charge < -0.3 is 10.5 Å². The number of nitrogens with two attached hydrogens (primary N) is 1. The fraction of sp³-hybridized carbons (Fsp3) is 0.300. The van der Waals surface area contributed by atoms with Crippen LogP contribution in [-0.2, 0) is 22.5 Å². The molecule has 1 heterocycles. The number of esters is 1. The lowest BCUT2D eigenvalue weighted by Crippen LogP contribution is -2.09. The maximum atomic E-state index is 13.6. The molecule has 0 spiro atoms. The van der Waals surface area contributed by atoms with E-state index in [0.29, 0.717) is 35.4 Å². The molecule has 2 N–H and O–H groups in total. The number of fused-ring (bicyclic) bond motifs is 1. The summed E-state index contributed by atoms with van der Waals surface area (Å²) in [7, 11) is 0. The minimum absolute atomic E-state index is 0.0326. The van der Waals surface area contributed by atoms with E-state index in [2.05, 4.69) is 18.3 Å². The SMILES string of the molecule is C=C(N)/C=C\C(=C)Cn1nc(CC(=O)OCC)c2ccc(F)cc21.CC. The van der Waals surface area contributed by atoms with Crippen LogP contribution < -0.4 is 5.73 Å². The lowest BCUT2D eigenvalue weighted by Gasteiger charge is -2.03. The molecule has 2 aromatic rings. The molecule has 0 aliphatic rings. The lowest BCUT2D eigenvalue weighted by molar-refractivity contribution is -0.142. The van der Waals surface area contributed by atoms with Crippen molar-refractivity contribution in [3.8, 4) is 0 Å². The minimum Gasteiger partial charge on any atom is -0.466 e. The number of rotatable bonds is 7. The number of aromatic nitrogens is 2. The number of benzene rings is 1. The molecule has 2 rings (SSSR count). The molecule has 0 saturated heterocycles. The normalized spacial score (nSPS) is 10.5. The molecule has 5 nitrogen and oxygen atoms in total. The van der Waals surface area contributed by atoms with Gasteiger partial charge in [0.25, 0.3) is 0 Å². The predicted molar refractivity (Wildman–Crippen MR) is 103 cm³/mol. The third-order valence-electron chi connectivity index (χ3n) is 3.29. The van der Waals surface area contributed by atoms with Crippen molar-refractivity contribution in [1.29, 1.82) is 0 Å². The number of carbonyl (C=O) groups is 1. The van der Waals surface area contributed by atoms with Crippen LogP contribution in [0.2, 0.25) is 0 Å². The molecule has 0 radical (unpaired) electrons. The van der Waals surface area contributed by atoms with Crippen LogP contribution >= 0.6 is 0 Å². The molecule has 0 aliphatic carbocycles. The summed E-state index contributed by atoms with van der Waals surface area (Å²) in [5.74, 6) is -0.741. The van der Waals surface area contributed by atoms with E-state index in [1.807, 2.05) is 13.8 Å². The lowest BCUT2D eigenvalue weighted by atomic mass is 10.1. The largest absolute Gasteiger partial charge is 0.466 e. The van der Waals surface area contributed by atoms with Crippen molar-refractivity contribution in [3.05, 3.63) is 66.3 Å². The van der Waals surface area contributed by atoms with Crippen molar-refractivity contribution in [1.82, 2.24) is 9.78 Å². The molecule has 0 unspecified atom stereocenters. The molecule has 0 fully saturated rings. The van der Waals surface area contributed by atoms with Gasteiger partial charge in [0.2, 0.25) is 0 Å². The number of carbonyl (C=O) groups excluding carboxylic acids is 1. The zero-order valence-electron chi connectivity index (χ0n) is 15.6. The van der Waals surface area contributed by atoms with Gasteiger partial charge >= 0.3 is 5.97 Å². The molecule has 1 aromatic heterocycles. The molecule has 0 saturated carbocycles. The number of hydrogen-bond donors (Lipinski definition) is 1. The first-order valence-corrected chi connectivity index (χ1v) is 8.51. The quantitative estimate of drug-likeness (QED) is 0.601. The zero-order chi connectivity index (χ0) is 19.7. The van der Waals surface area contributed by atoms with Crippen molar-refractivity contribution in [2.45, 2.75) is 33.7 Å². The molecule has 1 aromatic carbocycles. The summed E-state index contributed by atoms with van der Waals surface area (Å²) >= 11 is 0. The molecule has 0 bridgehead atoms. The average Bonchev–Trinajstić information content (AvgIpc) is 2.91. The van der Waals surface area contributed by atoms with Gasteiger partial charge in [0.1, 0.15) is 5.82 Å². The fourth-order valence-corrected chi connectivity index (χ4v) is 2.29. The van der Waals surface area contributed by atoms with Gasteiger partial charge in [-0.05, 0) is 36.8 Å². The van der Waals surface area contributed by atoms with Gasteiger partial charge in [0.15, 0.2) is 0 Å². The Balaban J connectivity index is 0.00000163. The maximum absolute atomic E-state index is 13.6. The molecular formula is C20H26FN3O2. The van der Waals surface area contributed by atoms with Gasteiger partial charge in [0.05, 0.1) is 30.8 Å². The summed E-state index contributed by atoms with van der Waals surface area (Å²) in [6.45, 7) is 13.9. The van der Waals surface area contributed by atoms with Crippen molar-refractivity contribution in [2.24, 2.45) is 5.73 Å². The Bertz CT molecular complexity index is 822. The summed E-state index contributed by atoms with van der Waals surface area (Å²) in [6, 6.07) is 4.34. The monoisotopic (exact) mass is 359 g/mol. The smallest absolute Gasteiger partial charge is 0.311 e. The highest BCUT2D eigenvalue weighted by Crippen LogP contribution is 2.21. The Labute approximate surface area is 153 Å². The van der Waals surface area contributed by atoms with E-state index in [9.17, 15) is 9.18 Å². The maximum Gasteiger partial charge on any atom is 0.311 e. The number of halogens is 1. The zero-order valence-corrected chi connectivity index (χ0v) is 15.6. The number of allylic oxidation sites excluding steroid dienone is 3. The highest BCUT2D eigenvalue weighted by Gasteiger charge is 2.15. The minimum atomic E-state index is -0.372. The van der Waals surface area contributed by atoms with Crippen molar-refractivity contribution >= 4 is 16.9 Å². The van der Waals surface area contributed by atoms with E-state index in [0.717, 1.165) is 5.57 Å². The molecule has 0 aliphatic heterocycles. The van der Waals surface area contributed by atoms with Crippen molar-refractivity contribution < 1.29 is 13.9 Å². The van der Waals surface area contributed by atoms with Gasteiger partial charge in [-0.15, -0.1) is 0 Å². The summed E-state index contributed by atoms with van der Waals surface area (Å²) in [4.78, 5) is 11.7. The van der Waals surface area contributed by atoms with Crippen molar-refractivity contribution in [3.63, 3.8) is 0 Å². The average molecular weight is 359 g/mol. The summed E-state index contributed by atoms with van der Waals surface area (Å²) in [5.41, 5.74) is 7.76. The fourth-order valence-electron chi connectivity index (χ4n) is 2.29. The van der Waals surface area contributed by atoms with E-state index in [1.165, 1.54) is 12.1 Å². The van der Waals surface area contributed by atoms with Crippen LogP contribution in [-0.4, -0.2) is 22.4 Å². The van der Waals surface area contributed by atoms with Gasteiger partial charge in [-0.1, -0.05) is 33.1 Å². The summed E-state index contributed by atoms with van der Waals surface area (Å²) in [5, 5.41) is 5.13. The van der Waals surface area contributed by atoms with E-state index >= 15 is 0 Å². The molecule has 6 heteroatoms. The third-order valence-corrected chi connectivity index (χ3v) is 3.29. The summed E-state index contributed by atoms with van der Waals surface area (Å²) < 4.78 is 20.2. The number of nitrogens with zero attached hydrogens (tertiary/aromatic N) is 2. The second kappa shape index (κ2) is 10.2. The van der Waals surface area contributed by atoms with Crippen LogP contribution in [0.1, 0.15) is 26.5 Å². The Hall–Kier alpha value is -2.89.